The molecule has 10 heteroatoms. The monoisotopic (exact) mass is 371 g/mol. The van der Waals surface area contributed by atoms with Crippen molar-refractivity contribution in [3.8, 4) is 0 Å². The highest BCUT2D eigenvalue weighted by molar-refractivity contribution is 6.10. The van der Waals surface area contributed by atoms with Gasteiger partial charge in [-0.15, -0.1) is 0 Å². The second-order valence-corrected chi connectivity index (χ2v) is 5.55. The van der Waals surface area contributed by atoms with Crippen LogP contribution in [0.15, 0.2) is 23.4 Å². The lowest BCUT2D eigenvalue weighted by Crippen LogP contribution is -2.38. The largest absolute Gasteiger partial charge is 0.399 e. The van der Waals surface area contributed by atoms with Crippen molar-refractivity contribution < 1.29 is 32.8 Å². The lowest BCUT2D eigenvalue weighted by atomic mass is 10.1. The molecule has 142 valence electrons. The second kappa shape index (κ2) is 9.20. The van der Waals surface area contributed by atoms with Crippen LogP contribution >= 0.6 is 0 Å². The summed E-state index contributed by atoms with van der Waals surface area (Å²) in [5, 5.41) is 6.35. The van der Waals surface area contributed by atoms with Gasteiger partial charge in [0.1, 0.15) is 24.8 Å². The van der Waals surface area contributed by atoms with E-state index in [1.165, 1.54) is 14.2 Å². The highest BCUT2D eigenvalue weighted by Gasteiger charge is 2.32. The Morgan fingerprint density at radius 1 is 1.27 bits per heavy atom. The molecule has 0 bridgehead atoms. The standard InChI is InChI=1S/C16H19F2N3O5/c1-24-20-13(9-3-10(17)5-11(18)4-9)7-15(22)19-12-6-14(26-8-12)16(23)21-25-2/h3-5,12,14H,6-8H2,1-2H3,(H,19,22)(H,21,23)/b20-13+. The van der Waals surface area contributed by atoms with Crippen molar-refractivity contribution in [2.24, 2.45) is 5.16 Å². The van der Waals surface area contributed by atoms with Crippen molar-refractivity contribution in [2.45, 2.75) is 25.0 Å². The van der Waals surface area contributed by atoms with Crippen molar-refractivity contribution >= 4 is 17.5 Å². The number of hydrogen-bond donors (Lipinski definition) is 2. The molecule has 0 spiro atoms. The normalized spacial score (nSPS) is 19.9. The Kier molecular flexibility index (Phi) is 6.98. The molecule has 0 aliphatic carbocycles. The van der Waals surface area contributed by atoms with E-state index in [4.69, 9.17) is 4.74 Å². The van der Waals surface area contributed by atoms with Gasteiger partial charge in [0.2, 0.25) is 5.91 Å². The zero-order valence-corrected chi connectivity index (χ0v) is 14.3. The van der Waals surface area contributed by atoms with E-state index in [9.17, 15) is 18.4 Å². The van der Waals surface area contributed by atoms with Crippen molar-refractivity contribution in [3.63, 3.8) is 0 Å². The smallest absolute Gasteiger partial charge is 0.272 e. The van der Waals surface area contributed by atoms with E-state index in [0.29, 0.717) is 0 Å². The van der Waals surface area contributed by atoms with E-state index >= 15 is 0 Å². The molecule has 2 unspecified atom stereocenters. The first-order chi connectivity index (χ1) is 12.4. The fourth-order valence-corrected chi connectivity index (χ4v) is 2.52. The molecule has 26 heavy (non-hydrogen) atoms. The molecule has 1 saturated heterocycles. The van der Waals surface area contributed by atoms with Crippen molar-refractivity contribution in [2.75, 3.05) is 20.8 Å². The number of nitrogens with one attached hydrogen (secondary N) is 2. The summed E-state index contributed by atoms with van der Waals surface area (Å²) in [6.45, 7) is 0.152. The van der Waals surface area contributed by atoms with E-state index in [1.807, 2.05) is 0 Å². The molecular formula is C16H19F2N3O5. The topological polar surface area (TPSA) is 98.3 Å². The molecular weight excluding hydrogens is 352 g/mol. The Hall–Kier alpha value is -2.59. The molecule has 2 atom stereocenters. The number of ether oxygens (including phenoxy) is 1. The fraction of sp³-hybridized carbons (Fsp3) is 0.438. The Labute approximate surface area is 148 Å². The molecule has 1 aliphatic rings. The third-order valence-corrected chi connectivity index (χ3v) is 3.58. The van der Waals surface area contributed by atoms with Gasteiger partial charge in [0.15, 0.2) is 0 Å². The predicted octanol–water partition coefficient (Wildman–Crippen LogP) is 0.657. The van der Waals surface area contributed by atoms with Crippen molar-refractivity contribution in [1.29, 1.82) is 0 Å². The van der Waals surface area contributed by atoms with Crippen LogP contribution in [0.5, 0.6) is 0 Å². The first-order valence-electron chi connectivity index (χ1n) is 7.73. The number of nitrogens with zero attached hydrogens (tertiary/aromatic N) is 1. The van der Waals surface area contributed by atoms with Gasteiger partial charge in [0.25, 0.3) is 5.91 Å². The third kappa shape index (κ3) is 5.46. The van der Waals surface area contributed by atoms with Crippen LogP contribution in [0.25, 0.3) is 0 Å². The van der Waals surface area contributed by atoms with Gasteiger partial charge < -0.3 is 14.9 Å². The summed E-state index contributed by atoms with van der Waals surface area (Å²) < 4.78 is 32.0. The zero-order valence-electron chi connectivity index (χ0n) is 14.3. The molecule has 1 heterocycles. The molecule has 2 N–H and O–H groups in total. The van der Waals surface area contributed by atoms with Gasteiger partial charge in [-0.05, 0) is 12.1 Å². The van der Waals surface area contributed by atoms with E-state index in [1.54, 1.807) is 0 Å². The fourth-order valence-electron chi connectivity index (χ4n) is 2.52. The summed E-state index contributed by atoms with van der Waals surface area (Å²) >= 11 is 0. The van der Waals surface area contributed by atoms with Crippen LogP contribution in [0, 0.1) is 11.6 Å². The number of hydrogen-bond acceptors (Lipinski definition) is 6. The molecule has 1 aromatic rings. The number of carbonyl (C=O) groups is 2. The minimum atomic E-state index is -0.791. The van der Waals surface area contributed by atoms with Gasteiger partial charge in [-0.3, -0.25) is 14.4 Å². The zero-order chi connectivity index (χ0) is 19.1. The van der Waals surface area contributed by atoms with Crippen LogP contribution in [-0.4, -0.2) is 50.5 Å². The number of oxime groups is 1. The van der Waals surface area contributed by atoms with Gasteiger partial charge in [0, 0.05) is 18.1 Å². The first-order valence-corrected chi connectivity index (χ1v) is 7.73. The van der Waals surface area contributed by atoms with Gasteiger partial charge in [-0.25, -0.2) is 14.3 Å². The van der Waals surface area contributed by atoms with Crippen molar-refractivity contribution in [3.05, 3.63) is 35.4 Å². The Balaban J connectivity index is 1.96. The van der Waals surface area contributed by atoms with Crippen LogP contribution in [0.3, 0.4) is 0 Å². The summed E-state index contributed by atoms with van der Waals surface area (Å²) in [5.74, 6) is -2.48. The quantitative estimate of drug-likeness (QED) is 0.542. The molecule has 0 radical (unpaired) electrons. The maximum Gasteiger partial charge on any atom is 0.272 e. The molecule has 8 nitrogen and oxygen atoms in total. The Morgan fingerprint density at radius 3 is 2.58 bits per heavy atom. The van der Waals surface area contributed by atoms with Gasteiger partial charge in [-0.1, -0.05) is 5.16 Å². The number of rotatable bonds is 7. The van der Waals surface area contributed by atoms with Crippen LogP contribution < -0.4 is 10.8 Å². The van der Waals surface area contributed by atoms with Crippen LogP contribution in [-0.2, 0) is 24.0 Å². The maximum atomic E-state index is 13.4. The summed E-state index contributed by atoms with van der Waals surface area (Å²) in [7, 11) is 2.56. The minimum absolute atomic E-state index is 0.0657. The van der Waals surface area contributed by atoms with E-state index in [-0.39, 0.29) is 36.8 Å². The van der Waals surface area contributed by atoms with E-state index < -0.39 is 29.6 Å². The molecule has 0 saturated carbocycles. The number of benzene rings is 1. The highest BCUT2D eigenvalue weighted by atomic mass is 19.1. The summed E-state index contributed by atoms with van der Waals surface area (Å²) in [6.07, 6.45) is -0.723. The average Bonchev–Trinajstić information content (AvgIpc) is 3.02. The Bertz CT molecular complexity index is 678. The van der Waals surface area contributed by atoms with Crippen LogP contribution in [0.1, 0.15) is 18.4 Å². The molecule has 1 fully saturated rings. The summed E-state index contributed by atoms with van der Waals surface area (Å²) in [5.41, 5.74) is 2.32. The second-order valence-electron chi connectivity index (χ2n) is 5.55. The van der Waals surface area contributed by atoms with E-state index in [2.05, 4.69) is 25.6 Å². The Morgan fingerprint density at radius 2 is 1.96 bits per heavy atom. The molecule has 1 aromatic carbocycles. The number of hydroxylamine groups is 1. The average molecular weight is 371 g/mol. The first kappa shape index (κ1) is 19.7. The maximum absolute atomic E-state index is 13.4. The van der Waals surface area contributed by atoms with E-state index in [0.717, 1.165) is 18.2 Å². The van der Waals surface area contributed by atoms with Crippen molar-refractivity contribution in [1.82, 2.24) is 10.8 Å². The third-order valence-electron chi connectivity index (χ3n) is 3.58. The molecule has 2 rings (SSSR count). The van der Waals surface area contributed by atoms with Gasteiger partial charge in [0.05, 0.1) is 31.9 Å². The SMILES string of the molecule is CO/N=C(\CC(=O)NC1COC(C(=O)NOC)C1)c1cc(F)cc(F)c1. The summed E-state index contributed by atoms with van der Waals surface area (Å²) in [4.78, 5) is 33.0. The van der Waals surface area contributed by atoms with Gasteiger partial charge in [-0.2, -0.15) is 0 Å². The predicted molar refractivity (Wildman–Crippen MR) is 86.0 cm³/mol. The van der Waals surface area contributed by atoms with Gasteiger partial charge >= 0.3 is 0 Å². The lowest BCUT2D eigenvalue weighted by molar-refractivity contribution is -0.140. The summed E-state index contributed by atoms with van der Waals surface area (Å²) in [6, 6.07) is 2.44. The highest BCUT2D eigenvalue weighted by Crippen LogP contribution is 2.15. The number of halogens is 2. The molecule has 2 amide bonds. The molecule has 1 aliphatic heterocycles. The molecule has 0 aromatic heterocycles. The lowest BCUT2D eigenvalue weighted by Gasteiger charge is -2.12. The number of carbonyl (C=O) groups excluding carboxylic acids is 2. The van der Waals surface area contributed by atoms with Crippen LogP contribution in [0.4, 0.5) is 8.78 Å². The minimum Gasteiger partial charge on any atom is -0.399 e. The number of amides is 2. The van der Waals surface area contributed by atoms with Crippen LogP contribution in [0.2, 0.25) is 0 Å².